The molecule has 1 aromatic heterocycles. The molecule has 0 aliphatic carbocycles. The molecule has 1 aromatic rings. The maximum Gasteiger partial charge on any atom is 0.166 e. The summed E-state index contributed by atoms with van der Waals surface area (Å²) in [6.07, 6.45) is 5.18. The van der Waals surface area contributed by atoms with E-state index in [1.165, 1.54) is 12.5 Å². The average molecular weight is 287 g/mol. The molecule has 0 bridgehead atoms. The van der Waals surface area contributed by atoms with Gasteiger partial charge < -0.3 is 4.90 Å². The first-order valence-corrected chi connectivity index (χ1v) is 6.56. The number of hydrogen-bond donors (Lipinski definition) is 0. The Kier molecular flexibility index (Phi) is 3.79. The molecule has 2 nitrogen and oxygen atoms in total. The van der Waals surface area contributed by atoms with Crippen molar-refractivity contribution in [2.75, 3.05) is 18.0 Å². The Morgan fingerprint density at radius 2 is 2.19 bits per heavy atom. The lowest BCUT2D eigenvalue weighted by molar-refractivity contribution is 0.391. The van der Waals surface area contributed by atoms with Gasteiger partial charge in [0.15, 0.2) is 11.6 Å². The molecule has 0 saturated carbocycles. The van der Waals surface area contributed by atoms with Crippen molar-refractivity contribution in [1.82, 2.24) is 4.98 Å². The summed E-state index contributed by atoms with van der Waals surface area (Å²) in [5.41, 5.74) is 0. The first-order chi connectivity index (χ1) is 7.70. The summed E-state index contributed by atoms with van der Waals surface area (Å²) in [7, 11) is 0. The van der Waals surface area contributed by atoms with Crippen molar-refractivity contribution in [3.05, 3.63) is 22.6 Å². The van der Waals surface area contributed by atoms with Crippen molar-refractivity contribution in [3.63, 3.8) is 0 Å². The van der Waals surface area contributed by atoms with E-state index >= 15 is 0 Å². The van der Waals surface area contributed by atoms with E-state index in [4.69, 9.17) is 0 Å². The van der Waals surface area contributed by atoms with Gasteiger partial charge in [-0.1, -0.05) is 13.3 Å². The van der Waals surface area contributed by atoms with Crippen molar-refractivity contribution in [1.29, 1.82) is 0 Å². The molecule has 0 atom stereocenters. The summed E-state index contributed by atoms with van der Waals surface area (Å²) in [5, 5.41) is 0. The number of anilines is 1. The van der Waals surface area contributed by atoms with Crippen LogP contribution in [0, 0.1) is 11.7 Å². The molecular formula is C12H16BrFN2. The van der Waals surface area contributed by atoms with Gasteiger partial charge in [0.25, 0.3) is 0 Å². The molecule has 1 saturated heterocycles. The zero-order chi connectivity index (χ0) is 11.5. The Morgan fingerprint density at radius 3 is 2.75 bits per heavy atom. The second-order valence-corrected chi connectivity index (χ2v) is 5.21. The minimum absolute atomic E-state index is 0.232. The van der Waals surface area contributed by atoms with E-state index < -0.39 is 0 Å². The van der Waals surface area contributed by atoms with Crippen LogP contribution in [0.2, 0.25) is 0 Å². The lowest BCUT2D eigenvalue weighted by Crippen LogP contribution is -2.34. The summed E-state index contributed by atoms with van der Waals surface area (Å²) in [6, 6.07) is 1.48. The number of pyridine rings is 1. The molecule has 4 heteroatoms. The lowest BCUT2D eigenvalue weighted by atomic mass is 9.94. The van der Waals surface area contributed by atoms with Crippen LogP contribution in [-0.2, 0) is 0 Å². The number of piperidine rings is 1. The highest BCUT2D eigenvalue weighted by Gasteiger charge is 2.20. The molecule has 0 radical (unpaired) electrons. The van der Waals surface area contributed by atoms with E-state index in [0.717, 1.165) is 31.8 Å². The van der Waals surface area contributed by atoms with Crippen LogP contribution in [0.5, 0.6) is 0 Å². The number of rotatable bonds is 2. The van der Waals surface area contributed by atoms with E-state index in [-0.39, 0.29) is 5.82 Å². The predicted octanol–water partition coefficient (Wildman–Crippen LogP) is 3.61. The van der Waals surface area contributed by atoms with E-state index in [1.54, 1.807) is 6.20 Å². The Bertz CT molecular complexity index is 362. The van der Waals surface area contributed by atoms with Gasteiger partial charge in [-0.15, -0.1) is 0 Å². The Morgan fingerprint density at radius 1 is 1.50 bits per heavy atom. The number of nitrogens with zero attached hydrogens (tertiary/aromatic N) is 2. The van der Waals surface area contributed by atoms with Gasteiger partial charge in [-0.2, -0.15) is 0 Å². The highest BCUT2D eigenvalue weighted by molar-refractivity contribution is 9.10. The Balaban J connectivity index is 2.08. The third kappa shape index (κ3) is 2.54. The fourth-order valence-corrected chi connectivity index (χ4v) is 2.50. The molecule has 0 spiro atoms. The van der Waals surface area contributed by atoms with E-state index in [9.17, 15) is 4.39 Å². The van der Waals surface area contributed by atoms with Crippen LogP contribution in [-0.4, -0.2) is 18.1 Å². The van der Waals surface area contributed by atoms with Gasteiger partial charge >= 0.3 is 0 Å². The zero-order valence-corrected chi connectivity index (χ0v) is 11.0. The summed E-state index contributed by atoms with van der Waals surface area (Å²) in [4.78, 5) is 6.21. The van der Waals surface area contributed by atoms with Crippen molar-refractivity contribution < 1.29 is 4.39 Å². The Labute approximate surface area is 104 Å². The van der Waals surface area contributed by atoms with Gasteiger partial charge in [0.1, 0.15) is 0 Å². The predicted molar refractivity (Wildman–Crippen MR) is 67.1 cm³/mol. The number of aromatic nitrogens is 1. The monoisotopic (exact) mass is 286 g/mol. The largest absolute Gasteiger partial charge is 0.354 e. The summed E-state index contributed by atoms with van der Waals surface area (Å²) >= 11 is 3.22. The van der Waals surface area contributed by atoms with Crippen LogP contribution >= 0.6 is 15.9 Å². The number of halogens is 2. The summed E-state index contributed by atoms with van der Waals surface area (Å²) in [5.74, 6) is 1.07. The quantitative estimate of drug-likeness (QED) is 0.826. The van der Waals surface area contributed by atoms with Crippen LogP contribution in [0.15, 0.2) is 16.7 Å². The van der Waals surface area contributed by atoms with E-state index in [0.29, 0.717) is 10.3 Å². The standard InChI is InChI=1S/C12H16BrFN2/c1-2-9-3-5-16(6-4-9)12-11(14)7-10(13)8-15-12/h7-9H,2-6H2,1H3. The average Bonchev–Trinajstić information content (AvgIpc) is 2.29. The summed E-state index contributed by atoms with van der Waals surface area (Å²) < 4.78 is 14.4. The fraction of sp³-hybridized carbons (Fsp3) is 0.583. The van der Waals surface area contributed by atoms with Crippen LogP contribution < -0.4 is 4.90 Å². The van der Waals surface area contributed by atoms with Crippen molar-refractivity contribution in [2.45, 2.75) is 26.2 Å². The molecule has 0 aromatic carbocycles. The fourth-order valence-electron chi connectivity index (χ4n) is 2.19. The van der Waals surface area contributed by atoms with Crippen LogP contribution in [0.1, 0.15) is 26.2 Å². The molecule has 0 N–H and O–H groups in total. The lowest BCUT2D eigenvalue weighted by Gasteiger charge is -2.32. The van der Waals surface area contributed by atoms with Gasteiger partial charge in [0, 0.05) is 23.8 Å². The molecule has 2 rings (SSSR count). The maximum atomic E-state index is 13.7. The minimum Gasteiger partial charge on any atom is -0.354 e. The van der Waals surface area contributed by atoms with Crippen molar-refractivity contribution in [3.8, 4) is 0 Å². The first kappa shape index (κ1) is 11.8. The molecule has 1 aliphatic heterocycles. The van der Waals surface area contributed by atoms with Gasteiger partial charge in [-0.05, 0) is 40.8 Å². The third-order valence-corrected chi connectivity index (χ3v) is 3.71. The van der Waals surface area contributed by atoms with Gasteiger partial charge in [0.05, 0.1) is 0 Å². The topological polar surface area (TPSA) is 16.1 Å². The zero-order valence-electron chi connectivity index (χ0n) is 9.42. The Hall–Kier alpha value is -0.640. The molecule has 0 unspecified atom stereocenters. The maximum absolute atomic E-state index is 13.7. The highest BCUT2D eigenvalue weighted by Crippen LogP contribution is 2.26. The van der Waals surface area contributed by atoms with Crippen LogP contribution in [0.3, 0.4) is 0 Å². The molecule has 0 amide bonds. The first-order valence-electron chi connectivity index (χ1n) is 5.76. The van der Waals surface area contributed by atoms with Gasteiger partial charge in [-0.3, -0.25) is 0 Å². The van der Waals surface area contributed by atoms with Gasteiger partial charge in [0.2, 0.25) is 0 Å². The molecule has 1 aliphatic rings. The normalized spacial score (nSPS) is 17.8. The molecular weight excluding hydrogens is 271 g/mol. The highest BCUT2D eigenvalue weighted by atomic mass is 79.9. The minimum atomic E-state index is -0.232. The van der Waals surface area contributed by atoms with E-state index in [2.05, 4.69) is 27.8 Å². The molecule has 16 heavy (non-hydrogen) atoms. The smallest absolute Gasteiger partial charge is 0.166 e. The third-order valence-electron chi connectivity index (χ3n) is 3.28. The van der Waals surface area contributed by atoms with Gasteiger partial charge in [-0.25, -0.2) is 9.37 Å². The van der Waals surface area contributed by atoms with Crippen molar-refractivity contribution >= 4 is 21.7 Å². The molecule has 88 valence electrons. The number of hydrogen-bond acceptors (Lipinski definition) is 2. The van der Waals surface area contributed by atoms with Crippen molar-refractivity contribution in [2.24, 2.45) is 5.92 Å². The molecule has 2 heterocycles. The molecule has 1 fully saturated rings. The SMILES string of the molecule is CCC1CCN(c2ncc(Br)cc2F)CC1. The van der Waals surface area contributed by atoms with Crippen LogP contribution in [0.4, 0.5) is 10.2 Å². The second-order valence-electron chi connectivity index (χ2n) is 4.30. The summed E-state index contributed by atoms with van der Waals surface area (Å²) in [6.45, 7) is 4.06. The second kappa shape index (κ2) is 5.13. The van der Waals surface area contributed by atoms with E-state index in [1.807, 2.05) is 4.90 Å². The van der Waals surface area contributed by atoms with Crippen LogP contribution in [0.25, 0.3) is 0 Å².